The van der Waals surface area contributed by atoms with Gasteiger partial charge in [0.25, 0.3) is 0 Å². The van der Waals surface area contributed by atoms with Crippen molar-refractivity contribution in [3.05, 3.63) is 11.6 Å². The van der Waals surface area contributed by atoms with Gasteiger partial charge in [-0.2, -0.15) is 13.2 Å². The molecule has 0 saturated heterocycles. The van der Waals surface area contributed by atoms with Crippen LogP contribution in [0, 0.1) is 11.3 Å². The second-order valence-electron chi connectivity index (χ2n) is 4.67. The van der Waals surface area contributed by atoms with E-state index in [-0.39, 0.29) is 13.1 Å². The third-order valence-corrected chi connectivity index (χ3v) is 3.31. The molecule has 0 atom stereocenters. The van der Waals surface area contributed by atoms with E-state index in [1.165, 1.54) is 0 Å². The molecule has 2 heterocycles. The zero-order valence-corrected chi connectivity index (χ0v) is 9.54. The Bertz CT molecular complexity index is 488. The number of halogens is 3. The molecule has 18 heavy (non-hydrogen) atoms. The summed E-state index contributed by atoms with van der Waals surface area (Å²) >= 11 is 0. The Morgan fingerprint density at radius 1 is 1.22 bits per heavy atom. The fourth-order valence-corrected chi connectivity index (χ4v) is 2.19. The molecule has 0 bridgehead atoms. The molecule has 0 aromatic carbocycles. The average Bonchev–Trinajstić information content (AvgIpc) is 3.05. The van der Waals surface area contributed by atoms with Gasteiger partial charge in [0.15, 0.2) is 5.82 Å². The normalized spacial score (nSPS) is 19.8. The van der Waals surface area contributed by atoms with Gasteiger partial charge in [-0.25, -0.2) is 0 Å². The summed E-state index contributed by atoms with van der Waals surface area (Å²) in [4.78, 5) is 1.79. The third-order valence-electron chi connectivity index (χ3n) is 3.31. The van der Waals surface area contributed by atoms with Crippen molar-refractivity contribution in [2.75, 3.05) is 6.54 Å². The van der Waals surface area contributed by atoms with Crippen LogP contribution in [0.5, 0.6) is 0 Å². The molecule has 3 rings (SSSR count). The van der Waals surface area contributed by atoms with Crippen molar-refractivity contribution in [2.24, 2.45) is 5.92 Å². The molecule has 0 amide bonds. The molecule has 5 nitrogen and oxygen atoms in total. The number of hydrogen-bond acceptors (Lipinski definition) is 3. The molecular formula is C10H12F3N5. The highest BCUT2D eigenvalue weighted by Crippen LogP contribution is 2.33. The first-order valence-corrected chi connectivity index (χ1v) is 5.79. The molecule has 1 aromatic rings. The summed E-state index contributed by atoms with van der Waals surface area (Å²) in [5.41, 5.74) is 0. The zero-order chi connectivity index (χ0) is 12.9. The highest BCUT2D eigenvalue weighted by atomic mass is 19.4. The molecule has 1 N–H and O–H groups in total. The van der Waals surface area contributed by atoms with Crippen LogP contribution in [0.25, 0.3) is 0 Å². The van der Waals surface area contributed by atoms with E-state index in [0.717, 1.165) is 17.4 Å². The van der Waals surface area contributed by atoms with Crippen LogP contribution >= 0.6 is 0 Å². The van der Waals surface area contributed by atoms with Crippen molar-refractivity contribution >= 4 is 5.84 Å². The number of alkyl halides is 3. The number of fused-ring (bicyclic) bond motifs is 1. The van der Waals surface area contributed by atoms with Crippen molar-refractivity contribution in [2.45, 2.75) is 32.1 Å². The Morgan fingerprint density at radius 3 is 2.56 bits per heavy atom. The molecular weight excluding hydrogens is 247 g/mol. The van der Waals surface area contributed by atoms with Crippen molar-refractivity contribution in [1.29, 1.82) is 5.41 Å². The van der Waals surface area contributed by atoms with Gasteiger partial charge in [-0.1, -0.05) is 0 Å². The number of nitrogens with zero attached hydrogens (tertiary/aromatic N) is 4. The smallest absolute Gasteiger partial charge is 0.351 e. The van der Waals surface area contributed by atoms with Gasteiger partial charge in [0, 0.05) is 19.0 Å². The molecule has 1 aliphatic carbocycles. The van der Waals surface area contributed by atoms with Crippen LogP contribution in [0.2, 0.25) is 0 Å². The van der Waals surface area contributed by atoms with Gasteiger partial charge in [-0.15, -0.1) is 10.2 Å². The number of hydrogen-bond donors (Lipinski definition) is 1. The summed E-state index contributed by atoms with van der Waals surface area (Å²) in [5.74, 6) is 0.174. The van der Waals surface area contributed by atoms with Gasteiger partial charge < -0.3 is 9.47 Å². The summed E-state index contributed by atoms with van der Waals surface area (Å²) in [6, 6.07) is 0. The van der Waals surface area contributed by atoms with Gasteiger partial charge in [0.2, 0.25) is 5.82 Å². The van der Waals surface area contributed by atoms with Crippen LogP contribution in [-0.4, -0.2) is 32.0 Å². The van der Waals surface area contributed by atoms with Crippen LogP contribution in [0.1, 0.15) is 24.5 Å². The molecule has 1 fully saturated rings. The minimum atomic E-state index is -4.46. The van der Waals surface area contributed by atoms with E-state index in [1.54, 1.807) is 4.90 Å². The van der Waals surface area contributed by atoms with E-state index >= 15 is 0 Å². The Balaban J connectivity index is 1.82. The van der Waals surface area contributed by atoms with E-state index in [2.05, 4.69) is 10.2 Å². The largest absolute Gasteiger partial charge is 0.451 e. The van der Waals surface area contributed by atoms with Crippen LogP contribution in [0.15, 0.2) is 0 Å². The predicted octanol–water partition coefficient (Wildman–Crippen LogP) is 1.50. The Morgan fingerprint density at radius 2 is 1.94 bits per heavy atom. The molecule has 0 unspecified atom stereocenters. The molecule has 2 aliphatic rings. The van der Waals surface area contributed by atoms with Gasteiger partial charge in [-0.05, 0) is 12.8 Å². The lowest BCUT2D eigenvalue weighted by molar-refractivity contribution is -0.147. The minimum Gasteiger partial charge on any atom is -0.351 e. The number of amidine groups is 1. The summed E-state index contributed by atoms with van der Waals surface area (Å²) in [5, 5.41) is 14.7. The molecule has 98 valence electrons. The lowest BCUT2D eigenvalue weighted by Crippen LogP contribution is -2.39. The highest BCUT2D eigenvalue weighted by molar-refractivity contribution is 5.83. The Hall–Kier alpha value is -1.60. The molecule has 1 aliphatic heterocycles. The monoisotopic (exact) mass is 259 g/mol. The van der Waals surface area contributed by atoms with Crippen LogP contribution < -0.4 is 0 Å². The number of rotatable bonds is 1. The maximum atomic E-state index is 12.6. The van der Waals surface area contributed by atoms with E-state index in [4.69, 9.17) is 5.41 Å². The maximum absolute atomic E-state index is 12.6. The lowest BCUT2D eigenvalue weighted by Gasteiger charge is -2.30. The van der Waals surface area contributed by atoms with E-state index in [9.17, 15) is 13.2 Å². The third kappa shape index (κ3) is 1.85. The second kappa shape index (κ2) is 3.69. The van der Waals surface area contributed by atoms with Gasteiger partial charge >= 0.3 is 6.18 Å². The fraction of sp³-hybridized carbons (Fsp3) is 0.700. The first kappa shape index (κ1) is 11.5. The van der Waals surface area contributed by atoms with E-state index < -0.39 is 12.0 Å². The van der Waals surface area contributed by atoms with Crippen molar-refractivity contribution < 1.29 is 13.2 Å². The molecule has 1 aromatic heterocycles. The van der Waals surface area contributed by atoms with Crippen molar-refractivity contribution in [1.82, 2.24) is 19.7 Å². The zero-order valence-electron chi connectivity index (χ0n) is 9.54. The summed E-state index contributed by atoms with van der Waals surface area (Å²) < 4.78 is 39.0. The van der Waals surface area contributed by atoms with Crippen LogP contribution in [0.3, 0.4) is 0 Å². The molecule has 0 spiro atoms. The van der Waals surface area contributed by atoms with Gasteiger partial charge in [0.1, 0.15) is 0 Å². The predicted molar refractivity (Wildman–Crippen MR) is 55.9 cm³/mol. The van der Waals surface area contributed by atoms with Crippen molar-refractivity contribution in [3.63, 3.8) is 0 Å². The van der Waals surface area contributed by atoms with Gasteiger partial charge in [0.05, 0.1) is 12.4 Å². The van der Waals surface area contributed by atoms with E-state index in [1.807, 2.05) is 0 Å². The summed E-state index contributed by atoms with van der Waals surface area (Å²) in [7, 11) is 0. The average molecular weight is 259 g/mol. The molecule has 0 radical (unpaired) electrons. The maximum Gasteiger partial charge on any atom is 0.451 e. The minimum absolute atomic E-state index is 0.187. The van der Waals surface area contributed by atoms with Crippen LogP contribution in [-0.2, 0) is 19.3 Å². The molecule has 8 heteroatoms. The van der Waals surface area contributed by atoms with E-state index in [0.29, 0.717) is 24.1 Å². The SMILES string of the molecule is N=C(C1CC1)N1CCn2c(nnc2C(F)(F)F)C1. The second-order valence-corrected chi connectivity index (χ2v) is 4.67. The van der Waals surface area contributed by atoms with Crippen LogP contribution in [0.4, 0.5) is 13.2 Å². The molecule has 1 saturated carbocycles. The fourth-order valence-electron chi connectivity index (χ4n) is 2.19. The number of aromatic nitrogens is 3. The first-order chi connectivity index (χ1) is 8.47. The highest BCUT2D eigenvalue weighted by Gasteiger charge is 2.40. The summed E-state index contributed by atoms with van der Waals surface area (Å²) in [6.45, 7) is 0.855. The standard InChI is InChI=1S/C10H12F3N5/c11-10(12,13)9-16-15-7-5-17(3-4-18(7)9)8(14)6-1-2-6/h6,14H,1-5H2. The summed E-state index contributed by atoms with van der Waals surface area (Å²) in [6.07, 6.45) is -2.44. The topological polar surface area (TPSA) is 57.8 Å². The quantitative estimate of drug-likeness (QED) is 0.614. The number of nitrogens with one attached hydrogen (secondary N) is 1. The van der Waals surface area contributed by atoms with Crippen molar-refractivity contribution in [3.8, 4) is 0 Å². The lowest BCUT2D eigenvalue weighted by atomic mass is 10.2. The first-order valence-electron chi connectivity index (χ1n) is 5.79. The Labute approximate surface area is 101 Å². The Kier molecular flexibility index (Phi) is 2.36. The van der Waals surface area contributed by atoms with Gasteiger partial charge in [-0.3, -0.25) is 5.41 Å².